The summed E-state index contributed by atoms with van der Waals surface area (Å²) >= 11 is 0. The fraction of sp³-hybridized carbons (Fsp3) is 0.250. The summed E-state index contributed by atoms with van der Waals surface area (Å²) in [5.41, 5.74) is 1.88. The summed E-state index contributed by atoms with van der Waals surface area (Å²) in [6, 6.07) is 13.7. The summed E-state index contributed by atoms with van der Waals surface area (Å²) in [5.74, 6) is -0.809. The van der Waals surface area contributed by atoms with E-state index in [1.165, 1.54) is 6.20 Å². The Morgan fingerprint density at radius 3 is 2.58 bits per heavy atom. The lowest BCUT2D eigenvalue weighted by atomic mass is 10.1. The largest absolute Gasteiger partial charge is 0.452 e. The van der Waals surface area contributed by atoms with Gasteiger partial charge in [-0.2, -0.15) is 5.10 Å². The Labute approximate surface area is 152 Å². The van der Waals surface area contributed by atoms with Crippen molar-refractivity contribution in [1.82, 2.24) is 9.78 Å². The molecule has 0 unspecified atom stereocenters. The van der Waals surface area contributed by atoms with E-state index < -0.39 is 5.97 Å². The van der Waals surface area contributed by atoms with E-state index in [0.717, 1.165) is 16.5 Å². The molecule has 3 aromatic rings. The van der Waals surface area contributed by atoms with Gasteiger partial charge in [-0.3, -0.25) is 9.48 Å². The van der Waals surface area contributed by atoms with Crippen molar-refractivity contribution in [2.24, 2.45) is 7.05 Å². The van der Waals surface area contributed by atoms with E-state index in [1.807, 2.05) is 49.4 Å². The number of carbonyl (C=O) groups excluding carboxylic acids is 2. The Kier molecular flexibility index (Phi) is 5.02. The average molecular weight is 351 g/mol. The summed E-state index contributed by atoms with van der Waals surface area (Å²) in [5, 5.41) is 6.06. The smallest absolute Gasteiger partial charge is 0.342 e. The van der Waals surface area contributed by atoms with Crippen molar-refractivity contribution in [1.29, 1.82) is 0 Å². The van der Waals surface area contributed by atoms with Crippen LogP contribution in [0.1, 0.15) is 23.0 Å². The molecule has 0 saturated heterocycles. The van der Waals surface area contributed by atoms with Crippen LogP contribution in [0, 0.1) is 6.92 Å². The molecule has 0 atom stereocenters. The molecule has 1 amide bonds. The third-order valence-corrected chi connectivity index (χ3v) is 4.46. The lowest BCUT2D eigenvalue weighted by Crippen LogP contribution is -2.34. The van der Waals surface area contributed by atoms with Crippen molar-refractivity contribution in [3.63, 3.8) is 0 Å². The number of rotatable bonds is 5. The van der Waals surface area contributed by atoms with Crippen molar-refractivity contribution < 1.29 is 14.3 Å². The van der Waals surface area contributed by atoms with Crippen LogP contribution in [0.5, 0.6) is 0 Å². The molecule has 0 aliphatic rings. The standard InChI is InChI=1S/C20H21N3O3/c1-4-23(18-11-7-9-15-8-5-6-10-16(15)18)19(24)13-26-20(25)17-12-21-22(3)14(17)2/h5-12H,4,13H2,1-3H3. The Morgan fingerprint density at radius 1 is 1.15 bits per heavy atom. The zero-order valence-corrected chi connectivity index (χ0v) is 15.1. The first-order valence-corrected chi connectivity index (χ1v) is 8.46. The number of ether oxygens (including phenoxy) is 1. The van der Waals surface area contributed by atoms with E-state index in [-0.39, 0.29) is 12.5 Å². The summed E-state index contributed by atoms with van der Waals surface area (Å²) in [4.78, 5) is 26.5. The second kappa shape index (κ2) is 7.39. The molecular formula is C20H21N3O3. The van der Waals surface area contributed by atoms with E-state index in [4.69, 9.17) is 4.74 Å². The first kappa shape index (κ1) is 17.7. The first-order valence-electron chi connectivity index (χ1n) is 8.46. The van der Waals surface area contributed by atoms with Crippen LogP contribution in [0.2, 0.25) is 0 Å². The number of hydrogen-bond donors (Lipinski definition) is 0. The van der Waals surface area contributed by atoms with Gasteiger partial charge in [0, 0.05) is 24.7 Å². The zero-order valence-electron chi connectivity index (χ0n) is 15.1. The van der Waals surface area contributed by atoms with Crippen molar-refractivity contribution in [2.75, 3.05) is 18.1 Å². The number of hydrogen-bond acceptors (Lipinski definition) is 4. The Hall–Kier alpha value is -3.15. The lowest BCUT2D eigenvalue weighted by molar-refractivity contribution is -0.121. The molecule has 3 rings (SSSR count). The lowest BCUT2D eigenvalue weighted by Gasteiger charge is -2.22. The average Bonchev–Trinajstić information content (AvgIpc) is 2.99. The number of nitrogens with zero attached hydrogens (tertiary/aromatic N) is 3. The SMILES string of the molecule is CCN(C(=O)COC(=O)c1cnn(C)c1C)c1cccc2ccccc12. The van der Waals surface area contributed by atoms with Crippen LogP contribution in [-0.2, 0) is 16.6 Å². The summed E-state index contributed by atoms with van der Waals surface area (Å²) < 4.78 is 6.81. The van der Waals surface area contributed by atoms with Crippen LogP contribution >= 0.6 is 0 Å². The van der Waals surface area contributed by atoms with Crippen LogP contribution in [-0.4, -0.2) is 34.8 Å². The third kappa shape index (κ3) is 3.31. The normalized spacial score (nSPS) is 10.7. The van der Waals surface area contributed by atoms with Gasteiger partial charge in [-0.1, -0.05) is 36.4 Å². The quantitative estimate of drug-likeness (QED) is 0.663. The van der Waals surface area contributed by atoms with Gasteiger partial charge in [0.25, 0.3) is 5.91 Å². The fourth-order valence-corrected chi connectivity index (χ4v) is 2.91. The highest BCUT2D eigenvalue weighted by Crippen LogP contribution is 2.26. The molecule has 6 heteroatoms. The molecule has 0 fully saturated rings. The van der Waals surface area contributed by atoms with E-state index in [2.05, 4.69) is 5.10 Å². The monoisotopic (exact) mass is 351 g/mol. The molecular weight excluding hydrogens is 330 g/mol. The molecule has 26 heavy (non-hydrogen) atoms. The van der Waals surface area contributed by atoms with Gasteiger partial charge in [-0.15, -0.1) is 0 Å². The number of aromatic nitrogens is 2. The summed E-state index contributed by atoms with van der Waals surface area (Å²) in [6.07, 6.45) is 1.45. The molecule has 2 aromatic carbocycles. The van der Waals surface area contributed by atoms with E-state index >= 15 is 0 Å². The number of amides is 1. The Bertz CT molecular complexity index is 957. The molecule has 0 radical (unpaired) electrons. The first-order chi connectivity index (χ1) is 12.5. The maximum absolute atomic E-state index is 12.7. The molecule has 1 aromatic heterocycles. The fourth-order valence-electron chi connectivity index (χ4n) is 2.91. The maximum Gasteiger partial charge on any atom is 0.342 e. The van der Waals surface area contributed by atoms with Gasteiger partial charge in [-0.25, -0.2) is 4.79 Å². The zero-order chi connectivity index (χ0) is 18.7. The van der Waals surface area contributed by atoms with Crippen LogP contribution < -0.4 is 4.90 Å². The number of likely N-dealkylation sites (N-methyl/N-ethyl adjacent to an activating group) is 1. The Balaban J connectivity index is 1.77. The van der Waals surface area contributed by atoms with E-state index in [1.54, 1.807) is 23.6 Å². The number of esters is 1. The number of carbonyl (C=O) groups is 2. The minimum absolute atomic E-state index is 0.265. The predicted octanol–water partition coefficient (Wildman–Crippen LogP) is 3.09. The molecule has 0 saturated carbocycles. The van der Waals surface area contributed by atoms with Crippen molar-refractivity contribution in [3.05, 3.63) is 59.9 Å². The highest BCUT2D eigenvalue weighted by Gasteiger charge is 2.20. The topological polar surface area (TPSA) is 64.4 Å². The van der Waals surface area contributed by atoms with Crippen LogP contribution in [0.3, 0.4) is 0 Å². The molecule has 0 bridgehead atoms. The van der Waals surface area contributed by atoms with Gasteiger partial charge < -0.3 is 9.64 Å². The Morgan fingerprint density at radius 2 is 1.88 bits per heavy atom. The minimum Gasteiger partial charge on any atom is -0.452 e. The number of fused-ring (bicyclic) bond motifs is 1. The van der Waals surface area contributed by atoms with E-state index in [9.17, 15) is 9.59 Å². The van der Waals surface area contributed by atoms with Gasteiger partial charge in [0.2, 0.25) is 0 Å². The molecule has 0 aliphatic heterocycles. The molecule has 0 N–H and O–H groups in total. The van der Waals surface area contributed by atoms with Crippen LogP contribution in [0.25, 0.3) is 10.8 Å². The number of anilines is 1. The predicted molar refractivity (Wildman–Crippen MR) is 100 cm³/mol. The van der Waals surface area contributed by atoms with Crippen LogP contribution in [0.4, 0.5) is 5.69 Å². The summed E-state index contributed by atoms with van der Waals surface area (Å²) in [7, 11) is 1.75. The van der Waals surface area contributed by atoms with Crippen LogP contribution in [0.15, 0.2) is 48.7 Å². The molecule has 0 spiro atoms. The van der Waals surface area contributed by atoms with Gasteiger partial charge in [-0.05, 0) is 25.3 Å². The highest BCUT2D eigenvalue weighted by atomic mass is 16.5. The van der Waals surface area contributed by atoms with Gasteiger partial charge in [0.15, 0.2) is 6.61 Å². The number of benzene rings is 2. The minimum atomic E-state index is -0.544. The highest BCUT2D eigenvalue weighted by molar-refractivity contribution is 6.04. The van der Waals surface area contributed by atoms with Gasteiger partial charge >= 0.3 is 5.97 Å². The van der Waals surface area contributed by atoms with Gasteiger partial charge in [0.05, 0.1) is 11.9 Å². The third-order valence-electron chi connectivity index (χ3n) is 4.46. The van der Waals surface area contributed by atoms with Crippen molar-refractivity contribution in [2.45, 2.75) is 13.8 Å². The van der Waals surface area contributed by atoms with Gasteiger partial charge in [0.1, 0.15) is 5.56 Å². The second-order valence-electron chi connectivity index (χ2n) is 5.98. The molecule has 6 nitrogen and oxygen atoms in total. The second-order valence-corrected chi connectivity index (χ2v) is 5.98. The number of aryl methyl sites for hydroxylation is 1. The molecule has 0 aliphatic carbocycles. The molecule has 1 heterocycles. The van der Waals surface area contributed by atoms with Crippen molar-refractivity contribution in [3.8, 4) is 0 Å². The summed E-state index contributed by atoms with van der Waals surface area (Å²) in [6.45, 7) is 3.84. The maximum atomic E-state index is 12.7. The van der Waals surface area contributed by atoms with E-state index in [0.29, 0.717) is 17.8 Å². The van der Waals surface area contributed by atoms with Crippen molar-refractivity contribution >= 4 is 28.3 Å². The molecule has 134 valence electrons.